The molecule has 20 heavy (non-hydrogen) atoms. The van der Waals surface area contributed by atoms with Crippen molar-refractivity contribution in [2.75, 3.05) is 4.72 Å². The second-order valence-electron chi connectivity index (χ2n) is 4.35. The predicted octanol–water partition coefficient (Wildman–Crippen LogP) is 2.11. The number of nitrogens with one attached hydrogen (secondary N) is 1. The maximum atomic E-state index is 12.1. The van der Waals surface area contributed by atoms with Crippen LogP contribution in [-0.2, 0) is 15.8 Å². The van der Waals surface area contributed by atoms with Gasteiger partial charge in [-0.2, -0.15) is 5.26 Å². The predicted molar refractivity (Wildman–Crippen MR) is 73.4 cm³/mol. The van der Waals surface area contributed by atoms with E-state index in [-0.39, 0.29) is 11.6 Å². The largest absolute Gasteiger partial charge is 0.337 e. The van der Waals surface area contributed by atoms with E-state index in [4.69, 9.17) is 9.78 Å². The van der Waals surface area contributed by atoms with Gasteiger partial charge in [-0.25, -0.2) is 8.42 Å². The van der Waals surface area contributed by atoms with Crippen LogP contribution in [0.15, 0.2) is 28.8 Å². The van der Waals surface area contributed by atoms with Crippen LogP contribution in [0.5, 0.6) is 0 Å². The van der Waals surface area contributed by atoms with Gasteiger partial charge in [0.1, 0.15) is 0 Å². The fraction of sp³-hybridized carbons (Fsp3) is 0.231. The van der Waals surface area contributed by atoms with Gasteiger partial charge in [0.15, 0.2) is 0 Å². The zero-order valence-corrected chi connectivity index (χ0v) is 11.9. The van der Waals surface area contributed by atoms with Gasteiger partial charge in [-0.3, -0.25) is 4.72 Å². The highest BCUT2D eigenvalue weighted by molar-refractivity contribution is 7.91. The Hall–Kier alpha value is -2.33. The first-order valence-corrected chi connectivity index (χ1v) is 7.49. The molecule has 0 saturated carbocycles. The minimum atomic E-state index is -3.66. The van der Waals surface area contributed by atoms with Crippen LogP contribution in [0.25, 0.3) is 0 Å². The molecule has 0 radical (unpaired) electrons. The zero-order valence-electron chi connectivity index (χ0n) is 11.0. The maximum absolute atomic E-state index is 12.1. The average Bonchev–Trinajstić information content (AvgIpc) is 2.70. The molecule has 2 aromatic rings. The summed E-state index contributed by atoms with van der Waals surface area (Å²) in [6.07, 6.45) is 0. The number of aryl methyl sites for hydroxylation is 1. The highest BCUT2D eigenvalue weighted by Gasteiger charge is 2.18. The first kappa shape index (κ1) is 14.1. The molecule has 104 valence electrons. The lowest BCUT2D eigenvalue weighted by Crippen LogP contribution is -2.16. The Morgan fingerprint density at radius 1 is 1.35 bits per heavy atom. The highest BCUT2D eigenvalue weighted by atomic mass is 32.2. The van der Waals surface area contributed by atoms with Crippen molar-refractivity contribution in [1.82, 2.24) is 5.16 Å². The van der Waals surface area contributed by atoms with Gasteiger partial charge in [0.25, 0.3) is 0 Å². The van der Waals surface area contributed by atoms with Crippen molar-refractivity contribution in [3.05, 3.63) is 46.6 Å². The molecule has 0 aliphatic carbocycles. The Balaban J connectivity index is 2.24. The third-order valence-electron chi connectivity index (χ3n) is 2.89. The lowest BCUT2D eigenvalue weighted by molar-refractivity contribution is 0.430. The number of nitrogens with zero attached hydrogens (tertiary/aromatic N) is 2. The lowest BCUT2D eigenvalue weighted by Gasteiger charge is -2.07. The second kappa shape index (κ2) is 5.35. The molecule has 2 rings (SSSR count). The van der Waals surface area contributed by atoms with Crippen LogP contribution < -0.4 is 4.72 Å². The van der Waals surface area contributed by atoms with Gasteiger partial charge in [0.05, 0.1) is 23.1 Å². The molecule has 0 saturated heterocycles. The summed E-state index contributed by atoms with van der Waals surface area (Å²) in [7, 11) is -3.66. The number of rotatable bonds is 4. The van der Waals surface area contributed by atoms with Crippen molar-refractivity contribution >= 4 is 15.9 Å². The van der Waals surface area contributed by atoms with Gasteiger partial charge < -0.3 is 4.52 Å². The molecule has 1 aromatic carbocycles. The maximum Gasteiger partial charge on any atom is 0.241 e. The Bertz CT molecular complexity index is 772. The number of anilines is 1. The number of sulfonamides is 1. The monoisotopic (exact) mass is 291 g/mol. The van der Waals surface area contributed by atoms with E-state index in [1.807, 2.05) is 6.07 Å². The van der Waals surface area contributed by atoms with E-state index < -0.39 is 10.0 Å². The van der Waals surface area contributed by atoms with Crippen molar-refractivity contribution < 1.29 is 12.9 Å². The number of aromatic nitrogens is 1. The van der Waals surface area contributed by atoms with Gasteiger partial charge in [0.2, 0.25) is 15.9 Å². The van der Waals surface area contributed by atoms with Crippen LogP contribution in [-0.4, -0.2) is 13.6 Å². The molecular weight excluding hydrogens is 278 g/mol. The van der Waals surface area contributed by atoms with Gasteiger partial charge in [-0.1, -0.05) is 23.4 Å². The van der Waals surface area contributed by atoms with Crippen molar-refractivity contribution in [1.29, 1.82) is 5.26 Å². The average molecular weight is 291 g/mol. The Kier molecular flexibility index (Phi) is 3.77. The summed E-state index contributed by atoms with van der Waals surface area (Å²) in [5, 5.41) is 12.6. The second-order valence-corrected chi connectivity index (χ2v) is 6.07. The molecule has 0 amide bonds. The molecule has 0 aliphatic rings. The van der Waals surface area contributed by atoms with Gasteiger partial charge in [-0.15, -0.1) is 0 Å². The first-order valence-electron chi connectivity index (χ1n) is 5.84. The Morgan fingerprint density at radius 3 is 2.65 bits per heavy atom. The summed E-state index contributed by atoms with van der Waals surface area (Å²) in [5.74, 6) is -0.187. The van der Waals surface area contributed by atoms with E-state index in [9.17, 15) is 8.42 Å². The highest BCUT2D eigenvalue weighted by Crippen LogP contribution is 2.20. The van der Waals surface area contributed by atoms with Gasteiger partial charge in [-0.05, 0) is 25.5 Å². The number of nitriles is 1. The topological polar surface area (TPSA) is 96.0 Å². The van der Waals surface area contributed by atoms with E-state index in [2.05, 4.69) is 9.88 Å². The van der Waals surface area contributed by atoms with Crippen LogP contribution in [0.1, 0.15) is 22.4 Å². The van der Waals surface area contributed by atoms with E-state index >= 15 is 0 Å². The van der Waals surface area contributed by atoms with Crippen molar-refractivity contribution in [2.45, 2.75) is 19.6 Å². The Labute approximate surface area is 117 Å². The third kappa shape index (κ3) is 2.97. The normalized spacial score (nSPS) is 11.1. The summed E-state index contributed by atoms with van der Waals surface area (Å²) in [6, 6.07) is 8.53. The molecule has 1 aromatic heterocycles. The summed E-state index contributed by atoms with van der Waals surface area (Å²) in [5.41, 5.74) is 2.04. The molecular formula is C13H13N3O3S. The van der Waals surface area contributed by atoms with Crippen LogP contribution in [0.2, 0.25) is 0 Å². The molecule has 1 N–H and O–H groups in total. The van der Waals surface area contributed by atoms with Crippen LogP contribution in [0.4, 0.5) is 5.88 Å². The Morgan fingerprint density at radius 2 is 2.05 bits per heavy atom. The molecule has 0 unspecified atom stereocenters. The molecule has 0 bridgehead atoms. The van der Waals surface area contributed by atoms with E-state index in [1.165, 1.54) is 0 Å². The van der Waals surface area contributed by atoms with Crippen molar-refractivity contribution in [3.8, 4) is 6.07 Å². The summed E-state index contributed by atoms with van der Waals surface area (Å²) >= 11 is 0. The number of hydrogen-bond acceptors (Lipinski definition) is 5. The van der Waals surface area contributed by atoms with E-state index in [1.54, 1.807) is 38.1 Å². The molecule has 0 spiro atoms. The lowest BCUT2D eigenvalue weighted by atomic mass is 10.1. The SMILES string of the molecule is Cc1noc(NS(=O)(=O)Cc2ccccc2C#N)c1C. The fourth-order valence-electron chi connectivity index (χ4n) is 1.65. The van der Waals surface area contributed by atoms with Crippen LogP contribution >= 0.6 is 0 Å². The smallest absolute Gasteiger partial charge is 0.241 e. The number of hydrogen-bond donors (Lipinski definition) is 1. The molecule has 0 fully saturated rings. The zero-order chi connectivity index (χ0) is 14.8. The van der Waals surface area contributed by atoms with Gasteiger partial charge in [0, 0.05) is 5.56 Å². The van der Waals surface area contributed by atoms with Crippen molar-refractivity contribution in [3.63, 3.8) is 0 Å². The molecule has 0 atom stereocenters. The number of benzene rings is 1. The summed E-state index contributed by atoms with van der Waals surface area (Å²) < 4.78 is 31.4. The summed E-state index contributed by atoms with van der Waals surface area (Å²) in [4.78, 5) is 0. The molecule has 7 heteroatoms. The minimum absolute atomic E-state index is 0.108. The first-order chi connectivity index (χ1) is 9.43. The van der Waals surface area contributed by atoms with Crippen LogP contribution in [0, 0.1) is 25.2 Å². The van der Waals surface area contributed by atoms with Gasteiger partial charge >= 0.3 is 0 Å². The van der Waals surface area contributed by atoms with Crippen LogP contribution in [0.3, 0.4) is 0 Å². The standard InChI is InChI=1S/C13H13N3O3S/c1-9-10(2)15-19-13(9)16-20(17,18)8-12-6-4-3-5-11(12)7-14/h3-6,16H,8H2,1-2H3. The molecule has 1 heterocycles. The quantitative estimate of drug-likeness (QED) is 0.930. The molecule has 6 nitrogen and oxygen atoms in total. The fourth-order valence-corrected chi connectivity index (χ4v) is 2.85. The third-order valence-corrected chi connectivity index (χ3v) is 4.08. The minimum Gasteiger partial charge on any atom is -0.337 e. The van der Waals surface area contributed by atoms with Crippen molar-refractivity contribution in [2.24, 2.45) is 0 Å². The van der Waals surface area contributed by atoms with E-state index in [0.717, 1.165) is 0 Å². The molecule has 0 aliphatic heterocycles. The summed E-state index contributed by atoms with van der Waals surface area (Å²) in [6.45, 7) is 3.44. The van der Waals surface area contributed by atoms with E-state index in [0.29, 0.717) is 22.4 Å².